The lowest BCUT2D eigenvalue weighted by Gasteiger charge is -2.09. The summed E-state index contributed by atoms with van der Waals surface area (Å²) in [4.78, 5) is 10.2. The van der Waals surface area contributed by atoms with Gasteiger partial charge in [0.05, 0.1) is 6.10 Å². The third-order valence-corrected chi connectivity index (χ3v) is 2.14. The summed E-state index contributed by atoms with van der Waals surface area (Å²) in [5, 5.41) is 11.6. The molecule has 4 heteroatoms. The SMILES string of the molecule is O=C(O)CCCNC[C@H]1CCCO1. The second-order valence-corrected chi connectivity index (χ2v) is 3.34. The Morgan fingerprint density at radius 3 is 3.08 bits per heavy atom. The molecule has 1 atom stereocenters. The predicted molar refractivity (Wildman–Crippen MR) is 48.7 cm³/mol. The van der Waals surface area contributed by atoms with Crippen molar-refractivity contribution in [3.8, 4) is 0 Å². The van der Waals surface area contributed by atoms with Crippen LogP contribution in [0.25, 0.3) is 0 Å². The molecule has 1 fully saturated rings. The minimum Gasteiger partial charge on any atom is -0.481 e. The molecule has 13 heavy (non-hydrogen) atoms. The Hall–Kier alpha value is -0.610. The van der Waals surface area contributed by atoms with Crippen LogP contribution in [0.15, 0.2) is 0 Å². The maximum atomic E-state index is 10.2. The Morgan fingerprint density at radius 2 is 2.46 bits per heavy atom. The smallest absolute Gasteiger partial charge is 0.303 e. The summed E-state index contributed by atoms with van der Waals surface area (Å²) >= 11 is 0. The van der Waals surface area contributed by atoms with Gasteiger partial charge in [-0.1, -0.05) is 0 Å². The Labute approximate surface area is 78.3 Å². The van der Waals surface area contributed by atoms with Crippen molar-refractivity contribution >= 4 is 5.97 Å². The zero-order chi connectivity index (χ0) is 9.52. The number of carboxylic acids is 1. The average molecular weight is 187 g/mol. The Bertz CT molecular complexity index is 155. The van der Waals surface area contributed by atoms with E-state index >= 15 is 0 Å². The van der Waals surface area contributed by atoms with Gasteiger partial charge in [-0.2, -0.15) is 0 Å². The molecular weight excluding hydrogens is 170 g/mol. The number of aliphatic carboxylic acids is 1. The quantitative estimate of drug-likeness (QED) is 0.598. The molecule has 0 saturated carbocycles. The first-order valence-corrected chi connectivity index (χ1v) is 4.83. The average Bonchev–Trinajstić information content (AvgIpc) is 2.55. The molecule has 1 heterocycles. The van der Waals surface area contributed by atoms with E-state index in [1.165, 1.54) is 0 Å². The Balaban J connectivity index is 1.86. The monoisotopic (exact) mass is 187 g/mol. The van der Waals surface area contributed by atoms with Crippen LogP contribution >= 0.6 is 0 Å². The van der Waals surface area contributed by atoms with Crippen LogP contribution in [0.2, 0.25) is 0 Å². The fraction of sp³-hybridized carbons (Fsp3) is 0.889. The van der Waals surface area contributed by atoms with Crippen LogP contribution < -0.4 is 5.32 Å². The maximum Gasteiger partial charge on any atom is 0.303 e. The molecule has 2 N–H and O–H groups in total. The molecule has 0 spiro atoms. The van der Waals surface area contributed by atoms with Crippen molar-refractivity contribution in [1.82, 2.24) is 5.32 Å². The predicted octanol–water partition coefficient (Wildman–Crippen LogP) is 0.620. The van der Waals surface area contributed by atoms with Crippen LogP contribution in [-0.2, 0) is 9.53 Å². The van der Waals surface area contributed by atoms with Gasteiger partial charge in [0.15, 0.2) is 0 Å². The minimum atomic E-state index is -0.723. The fourth-order valence-corrected chi connectivity index (χ4v) is 1.43. The van der Waals surface area contributed by atoms with E-state index in [9.17, 15) is 4.79 Å². The molecule has 4 nitrogen and oxygen atoms in total. The van der Waals surface area contributed by atoms with Gasteiger partial charge in [-0.05, 0) is 25.8 Å². The zero-order valence-electron chi connectivity index (χ0n) is 7.79. The molecule has 1 rings (SSSR count). The number of hydrogen-bond acceptors (Lipinski definition) is 3. The third-order valence-electron chi connectivity index (χ3n) is 2.14. The second kappa shape index (κ2) is 5.94. The van der Waals surface area contributed by atoms with Crippen LogP contribution in [-0.4, -0.2) is 36.9 Å². The molecule has 0 aromatic heterocycles. The van der Waals surface area contributed by atoms with Crippen LogP contribution in [0.4, 0.5) is 0 Å². The van der Waals surface area contributed by atoms with Crippen LogP contribution in [0.1, 0.15) is 25.7 Å². The highest BCUT2D eigenvalue weighted by molar-refractivity contribution is 5.66. The first-order valence-electron chi connectivity index (χ1n) is 4.83. The highest BCUT2D eigenvalue weighted by atomic mass is 16.5. The second-order valence-electron chi connectivity index (χ2n) is 3.34. The Morgan fingerprint density at radius 1 is 1.62 bits per heavy atom. The summed E-state index contributed by atoms with van der Waals surface area (Å²) < 4.78 is 5.40. The van der Waals surface area contributed by atoms with Crippen molar-refractivity contribution in [2.24, 2.45) is 0 Å². The number of carbonyl (C=O) groups is 1. The highest BCUT2D eigenvalue weighted by Gasteiger charge is 2.14. The molecule has 76 valence electrons. The molecule has 1 saturated heterocycles. The van der Waals surface area contributed by atoms with Crippen LogP contribution in [0.3, 0.4) is 0 Å². The summed E-state index contributed by atoms with van der Waals surface area (Å²) in [6.45, 7) is 2.51. The number of hydrogen-bond donors (Lipinski definition) is 2. The van der Waals surface area contributed by atoms with E-state index < -0.39 is 5.97 Å². The minimum absolute atomic E-state index is 0.249. The summed E-state index contributed by atoms with van der Waals surface area (Å²) in [6.07, 6.45) is 3.58. The molecule has 0 aliphatic carbocycles. The van der Waals surface area contributed by atoms with Gasteiger partial charge in [0.25, 0.3) is 0 Å². The van der Waals surface area contributed by atoms with Crippen molar-refractivity contribution in [3.63, 3.8) is 0 Å². The molecule has 1 aliphatic rings. The Kier molecular flexibility index (Phi) is 4.78. The van der Waals surface area contributed by atoms with Gasteiger partial charge < -0.3 is 15.2 Å². The van der Waals surface area contributed by atoms with Crippen LogP contribution in [0, 0.1) is 0 Å². The van der Waals surface area contributed by atoms with Crippen molar-refractivity contribution in [2.75, 3.05) is 19.7 Å². The zero-order valence-corrected chi connectivity index (χ0v) is 7.79. The standard InChI is InChI=1S/C9H17NO3/c11-9(12)4-1-5-10-7-8-3-2-6-13-8/h8,10H,1-7H2,(H,11,12)/t8-/m1/s1. The van der Waals surface area contributed by atoms with E-state index in [0.29, 0.717) is 12.5 Å². The molecule has 0 bridgehead atoms. The number of nitrogens with one attached hydrogen (secondary N) is 1. The van der Waals surface area contributed by atoms with Crippen molar-refractivity contribution < 1.29 is 14.6 Å². The van der Waals surface area contributed by atoms with Gasteiger partial charge >= 0.3 is 5.97 Å². The topological polar surface area (TPSA) is 58.6 Å². The largest absolute Gasteiger partial charge is 0.481 e. The highest BCUT2D eigenvalue weighted by Crippen LogP contribution is 2.10. The maximum absolute atomic E-state index is 10.2. The first kappa shape index (κ1) is 10.5. The number of carboxylic acid groups (broad SMARTS) is 1. The van der Waals surface area contributed by atoms with Crippen molar-refractivity contribution in [3.05, 3.63) is 0 Å². The van der Waals surface area contributed by atoms with Gasteiger partial charge in [-0.3, -0.25) is 4.79 Å². The third kappa shape index (κ3) is 4.85. The van der Waals surface area contributed by atoms with E-state index in [2.05, 4.69) is 5.32 Å². The van der Waals surface area contributed by atoms with Crippen molar-refractivity contribution in [2.45, 2.75) is 31.8 Å². The summed E-state index contributed by atoms with van der Waals surface area (Å²) in [6, 6.07) is 0. The van der Waals surface area contributed by atoms with E-state index in [4.69, 9.17) is 9.84 Å². The summed E-state index contributed by atoms with van der Waals surface area (Å²) in [5.74, 6) is -0.723. The molecule has 0 radical (unpaired) electrons. The van der Waals surface area contributed by atoms with E-state index in [1.54, 1.807) is 0 Å². The van der Waals surface area contributed by atoms with E-state index in [-0.39, 0.29) is 6.42 Å². The van der Waals surface area contributed by atoms with Gasteiger partial charge in [0, 0.05) is 19.6 Å². The summed E-state index contributed by atoms with van der Waals surface area (Å²) in [7, 11) is 0. The molecule has 0 aromatic carbocycles. The van der Waals surface area contributed by atoms with Gasteiger partial charge in [-0.15, -0.1) is 0 Å². The lowest BCUT2D eigenvalue weighted by atomic mass is 10.2. The first-order chi connectivity index (χ1) is 6.29. The van der Waals surface area contributed by atoms with Gasteiger partial charge in [0.2, 0.25) is 0 Å². The van der Waals surface area contributed by atoms with Gasteiger partial charge in [-0.25, -0.2) is 0 Å². The number of rotatable bonds is 6. The molecule has 0 amide bonds. The lowest BCUT2D eigenvalue weighted by molar-refractivity contribution is -0.137. The normalized spacial score (nSPS) is 22.0. The van der Waals surface area contributed by atoms with Gasteiger partial charge in [0.1, 0.15) is 0 Å². The fourth-order valence-electron chi connectivity index (χ4n) is 1.43. The van der Waals surface area contributed by atoms with E-state index in [0.717, 1.165) is 32.5 Å². The summed E-state index contributed by atoms with van der Waals surface area (Å²) in [5.41, 5.74) is 0. The van der Waals surface area contributed by atoms with Crippen LogP contribution in [0.5, 0.6) is 0 Å². The van der Waals surface area contributed by atoms with Crippen molar-refractivity contribution in [1.29, 1.82) is 0 Å². The molecule has 1 aliphatic heterocycles. The molecule has 0 aromatic rings. The number of ether oxygens (including phenoxy) is 1. The lowest BCUT2D eigenvalue weighted by Crippen LogP contribution is -2.27. The molecular formula is C9H17NO3. The van der Waals surface area contributed by atoms with E-state index in [1.807, 2.05) is 0 Å². The molecule has 0 unspecified atom stereocenters.